The first kappa shape index (κ1) is 15.8. The van der Waals surface area contributed by atoms with Crippen LogP contribution in [0.5, 0.6) is 0 Å². The zero-order valence-electron chi connectivity index (χ0n) is 14.7. The van der Waals surface area contributed by atoms with Crippen molar-refractivity contribution in [2.45, 2.75) is 32.6 Å². The van der Waals surface area contributed by atoms with Crippen LogP contribution in [-0.4, -0.2) is 43.8 Å². The Balaban J connectivity index is 1.52. The third kappa shape index (κ3) is 2.59. The molecule has 1 aliphatic rings. The van der Waals surface area contributed by atoms with Gasteiger partial charge < -0.3 is 9.42 Å². The molecule has 3 aromatic rings. The summed E-state index contributed by atoms with van der Waals surface area (Å²) in [6, 6.07) is 4.02. The Morgan fingerprint density at radius 2 is 2.04 bits per heavy atom. The molecule has 4 heterocycles. The summed E-state index contributed by atoms with van der Waals surface area (Å²) in [5.41, 5.74) is 3.26. The zero-order valence-corrected chi connectivity index (χ0v) is 14.7. The first-order valence-electron chi connectivity index (χ1n) is 8.56. The molecule has 0 saturated carbocycles. The molecule has 4 rings (SSSR count). The van der Waals surface area contributed by atoms with Crippen molar-refractivity contribution in [3.05, 3.63) is 41.0 Å². The number of nitrogens with zero attached hydrogens (tertiary/aromatic N) is 5. The van der Waals surface area contributed by atoms with Crippen LogP contribution in [0.4, 0.5) is 0 Å². The minimum Gasteiger partial charge on any atom is -0.361 e. The molecule has 7 heteroatoms. The van der Waals surface area contributed by atoms with E-state index < -0.39 is 0 Å². The topological polar surface area (TPSA) is 77.0 Å². The molecule has 130 valence electrons. The van der Waals surface area contributed by atoms with E-state index in [0.29, 0.717) is 36.0 Å². The minimum absolute atomic E-state index is 0.0160. The van der Waals surface area contributed by atoms with Gasteiger partial charge in [-0.05, 0) is 38.8 Å². The van der Waals surface area contributed by atoms with E-state index >= 15 is 0 Å². The lowest BCUT2D eigenvalue weighted by atomic mass is 9.91. The molecule has 1 fully saturated rings. The van der Waals surface area contributed by atoms with Crippen LogP contribution in [-0.2, 0) is 7.05 Å². The largest absolute Gasteiger partial charge is 0.361 e. The Hall–Kier alpha value is -2.70. The lowest BCUT2D eigenvalue weighted by molar-refractivity contribution is 0.0710. The van der Waals surface area contributed by atoms with Crippen LogP contribution in [0, 0.1) is 13.8 Å². The highest BCUT2D eigenvalue weighted by atomic mass is 16.5. The Bertz CT molecular complexity index is 915. The van der Waals surface area contributed by atoms with E-state index in [1.807, 2.05) is 29.6 Å². The minimum atomic E-state index is 0.0160. The highest BCUT2D eigenvalue weighted by Crippen LogP contribution is 2.32. The average Bonchev–Trinajstić information content (AvgIpc) is 3.14. The molecule has 7 nitrogen and oxygen atoms in total. The van der Waals surface area contributed by atoms with E-state index in [1.54, 1.807) is 13.1 Å². The average molecular weight is 339 g/mol. The van der Waals surface area contributed by atoms with Crippen molar-refractivity contribution < 1.29 is 9.32 Å². The molecule has 0 bridgehead atoms. The number of rotatable bonds is 2. The van der Waals surface area contributed by atoms with Crippen LogP contribution in [0.1, 0.15) is 46.3 Å². The number of pyridine rings is 1. The normalized spacial score (nSPS) is 15.9. The summed E-state index contributed by atoms with van der Waals surface area (Å²) in [5.74, 6) is 0.954. The summed E-state index contributed by atoms with van der Waals surface area (Å²) < 4.78 is 6.97. The van der Waals surface area contributed by atoms with Crippen molar-refractivity contribution >= 4 is 16.9 Å². The molecule has 0 radical (unpaired) electrons. The molecule has 0 aromatic carbocycles. The Kier molecular flexibility index (Phi) is 3.78. The van der Waals surface area contributed by atoms with Crippen molar-refractivity contribution in [3.8, 4) is 0 Å². The van der Waals surface area contributed by atoms with Gasteiger partial charge in [-0.1, -0.05) is 5.16 Å². The number of likely N-dealkylation sites (tertiary alicyclic amines) is 1. The molecule has 0 spiro atoms. The molecule has 1 saturated heterocycles. The van der Waals surface area contributed by atoms with E-state index in [0.717, 1.165) is 29.6 Å². The van der Waals surface area contributed by atoms with Crippen molar-refractivity contribution in [1.82, 2.24) is 24.8 Å². The third-order valence-electron chi connectivity index (χ3n) is 5.04. The first-order valence-corrected chi connectivity index (χ1v) is 8.56. The summed E-state index contributed by atoms with van der Waals surface area (Å²) >= 11 is 0. The smallest absolute Gasteiger partial charge is 0.259 e. The van der Waals surface area contributed by atoms with Crippen molar-refractivity contribution in [1.29, 1.82) is 0 Å². The van der Waals surface area contributed by atoms with E-state index in [9.17, 15) is 4.79 Å². The van der Waals surface area contributed by atoms with E-state index in [1.165, 1.54) is 0 Å². The SMILES string of the molecule is Cc1noc(C)c1C(=O)N1CCC(c2nn(C)c3ncccc23)CC1. The summed E-state index contributed by atoms with van der Waals surface area (Å²) in [7, 11) is 1.93. The lowest BCUT2D eigenvalue weighted by Crippen LogP contribution is -2.38. The van der Waals surface area contributed by atoms with Gasteiger partial charge in [0.2, 0.25) is 0 Å². The maximum atomic E-state index is 12.8. The van der Waals surface area contributed by atoms with Gasteiger partial charge in [0.25, 0.3) is 5.91 Å². The van der Waals surface area contributed by atoms with Gasteiger partial charge in [0, 0.05) is 37.6 Å². The maximum absolute atomic E-state index is 12.8. The predicted molar refractivity (Wildman–Crippen MR) is 92.4 cm³/mol. The first-order chi connectivity index (χ1) is 12.1. The Morgan fingerprint density at radius 3 is 2.72 bits per heavy atom. The molecule has 1 amide bonds. The van der Waals surface area contributed by atoms with Gasteiger partial charge in [0.05, 0.1) is 11.4 Å². The van der Waals surface area contributed by atoms with Gasteiger partial charge in [-0.2, -0.15) is 5.10 Å². The number of hydrogen-bond acceptors (Lipinski definition) is 5. The fourth-order valence-electron chi connectivity index (χ4n) is 3.72. The molecule has 3 aromatic heterocycles. The van der Waals surface area contributed by atoms with Crippen LogP contribution in [0.25, 0.3) is 11.0 Å². The number of piperidine rings is 1. The monoisotopic (exact) mass is 339 g/mol. The second kappa shape index (κ2) is 5.98. The molecule has 0 aliphatic carbocycles. The Labute approximate surface area is 145 Å². The molecular formula is C18H21N5O2. The second-order valence-corrected chi connectivity index (χ2v) is 6.65. The number of aryl methyl sites for hydroxylation is 3. The molecule has 0 unspecified atom stereocenters. The van der Waals surface area contributed by atoms with Crippen molar-refractivity contribution in [3.63, 3.8) is 0 Å². The molecular weight excluding hydrogens is 318 g/mol. The number of aromatic nitrogens is 4. The third-order valence-corrected chi connectivity index (χ3v) is 5.04. The van der Waals surface area contributed by atoms with Crippen molar-refractivity contribution in [2.75, 3.05) is 13.1 Å². The van der Waals surface area contributed by atoms with E-state index in [2.05, 4.69) is 21.3 Å². The fourth-order valence-corrected chi connectivity index (χ4v) is 3.72. The lowest BCUT2D eigenvalue weighted by Gasteiger charge is -2.31. The molecule has 0 N–H and O–H groups in total. The predicted octanol–water partition coefficient (Wildman–Crippen LogP) is 2.59. The van der Waals surface area contributed by atoms with Gasteiger partial charge in [0.15, 0.2) is 5.65 Å². The zero-order chi connectivity index (χ0) is 17.6. The van der Waals surface area contributed by atoms with E-state index in [-0.39, 0.29) is 5.91 Å². The van der Waals surface area contributed by atoms with Gasteiger partial charge in [-0.25, -0.2) is 4.98 Å². The highest BCUT2D eigenvalue weighted by Gasteiger charge is 2.30. The Morgan fingerprint density at radius 1 is 1.28 bits per heavy atom. The van der Waals surface area contributed by atoms with Gasteiger partial charge in [-0.15, -0.1) is 0 Å². The van der Waals surface area contributed by atoms with Crippen LogP contribution in [0.15, 0.2) is 22.9 Å². The highest BCUT2D eigenvalue weighted by molar-refractivity contribution is 5.96. The summed E-state index contributed by atoms with van der Waals surface area (Å²) in [4.78, 5) is 19.1. The maximum Gasteiger partial charge on any atom is 0.259 e. The number of hydrogen-bond donors (Lipinski definition) is 0. The van der Waals surface area contributed by atoms with Gasteiger partial charge >= 0.3 is 0 Å². The van der Waals surface area contributed by atoms with Gasteiger partial charge in [0.1, 0.15) is 11.3 Å². The fraction of sp³-hybridized carbons (Fsp3) is 0.444. The quantitative estimate of drug-likeness (QED) is 0.717. The number of fused-ring (bicyclic) bond motifs is 1. The summed E-state index contributed by atoms with van der Waals surface area (Å²) in [6.07, 6.45) is 3.59. The second-order valence-electron chi connectivity index (χ2n) is 6.65. The molecule has 25 heavy (non-hydrogen) atoms. The summed E-state index contributed by atoms with van der Waals surface area (Å²) in [6.45, 7) is 5.02. The summed E-state index contributed by atoms with van der Waals surface area (Å²) in [5, 5.41) is 9.69. The van der Waals surface area contributed by atoms with Crippen molar-refractivity contribution in [2.24, 2.45) is 7.05 Å². The van der Waals surface area contributed by atoms with E-state index in [4.69, 9.17) is 4.52 Å². The van der Waals surface area contributed by atoms with Crippen LogP contribution in [0.2, 0.25) is 0 Å². The van der Waals surface area contributed by atoms with Gasteiger partial charge in [-0.3, -0.25) is 9.48 Å². The number of amides is 1. The van der Waals surface area contributed by atoms with Crippen LogP contribution >= 0.6 is 0 Å². The van der Waals surface area contributed by atoms with Crippen LogP contribution in [0.3, 0.4) is 0 Å². The molecule has 1 aliphatic heterocycles. The molecule has 0 atom stereocenters. The number of carbonyl (C=O) groups excluding carboxylic acids is 1. The standard InChI is InChI=1S/C18H21N5O2/c1-11-15(12(2)25-21-11)18(24)23-9-6-13(7-10-23)16-14-5-4-8-19-17(14)22(3)20-16/h4-5,8,13H,6-7,9-10H2,1-3H3. The number of carbonyl (C=O) groups is 1. The van der Waals surface area contributed by atoms with Crippen LogP contribution < -0.4 is 0 Å².